The summed E-state index contributed by atoms with van der Waals surface area (Å²) in [6.07, 6.45) is 8.21. The van der Waals surface area contributed by atoms with E-state index in [1.165, 1.54) is 5.57 Å². The van der Waals surface area contributed by atoms with Gasteiger partial charge in [-0.25, -0.2) is 8.42 Å². The molecule has 20 heavy (non-hydrogen) atoms. The van der Waals surface area contributed by atoms with E-state index in [-0.39, 0.29) is 0 Å². The van der Waals surface area contributed by atoms with E-state index in [4.69, 9.17) is 0 Å². The molecule has 0 radical (unpaired) electrons. The Bertz CT molecular complexity index is 684. The topological polar surface area (TPSA) is 46.5 Å². The summed E-state index contributed by atoms with van der Waals surface area (Å²) >= 11 is 0. The van der Waals surface area contributed by atoms with Crippen LogP contribution in [-0.2, 0) is 9.84 Å². The van der Waals surface area contributed by atoms with Gasteiger partial charge in [-0.2, -0.15) is 0 Å². The number of sulfone groups is 1. The molecule has 1 atom stereocenters. The van der Waals surface area contributed by atoms with Crippen LogP contribution in [0.1, 0.15) is 19.3 Å². The van der Waals surface area contributed by atoms with Gasteiger partial charge in [-0.1, -0.05) is 29.8 Å². The predicted molar refractivity (Wildman–Crippen MR) is 80.5 cm³/mol. The standard InChI is InChI=1S/C16H17NO2S/c18-20(19,15-4-2-1-3-5-15)16-7-6-13-8-10-17-11-9-14(13)12-16/h1-5,7,11-13H,6,8-10H2. The molecule has 1 aliphatic carbocycles. The number of aliphatic imine (C=N–C) groups is 1. The van der Waals surface area contributed by atoms with Crippen LogP contribution in [0.4, 0.5) is 0 Å². The highest BCUT2D eigenvalue weighted by molar-refractivity contribution is 7.95. The molecular formula is C16H17NO2S. The molecule has 1 aromatic rings. The number of hydrogen-bond acceptors (Lipinski definition) is 3. The lowest BCUT2D eigenvalue weighted by atomic mass is 9.88. The van der Waals surface area contributed by atoms with Crippen molar-refractivity contribution in [2.45, 2.75) is 24.2 Å². The number of allylic oxidation sites excluding steroid dienone is 3. The van der Waals surface area contributed by atoms with Crippen LogP contribution in [-0.4, -0.2) is 21.2 Å². The lowest BCUT2D eigenvalue weighted by molar-refractivity contribution is 0.570. The highest BCUT2D eigenvalue weighted by atomic mass is 32.2. The van der Waals surface area contributed by atoms with Crippen molar-refractivity contribution in [2.24, 2.45) is 10.9 Å². The van der Waals surface area contributed by atoms with Crippen LogP contribution in [0.2, 0.25) is 0 Å². The summed E-state index contributed by atoms with van der Waals surface area (Å²) in [5, 5.41) is 0. The van der Waals surface area contributed by atoms with Gasteiger partial charge >= 0.3 is 0 Å². The number of rotatable bonds is 2. The van der Waals surface area contributed by atoms with Gasteiger partial charge in [0.15, 0.2) is 0 Å². The Morgan fingerprint density at radius 1 is 1.15 bits per heavy atom. The molecule has 1 heterocycles. The van der Waals surface area contributed by atoms with E-state index in [2.05, 4.69) is 4.99 Å². The summed E-state index contributed by atoms with van der Waals surface area (Å²) in [6, 6.07) is 8.63. The van der Waals surface area contributed by atoms with E-state index in [9.17, 15) is 8.42 Å². The fraction of sp³-hybridized carbons (Fsp3) is 0.312. The van der Waals surface area contributed by atoms with E-state index in [1.807, 2.05) is 24.4 Å². The average molecular weight is 287 g/mol. The Labute approximate surface area is 119 Å². The van der Waals surface area contributed by atoms with Crippen LogP contribution in [0.3, 0.4) is 0 Å². The smallest absolute Gasteiger partial charge is 0.206 e. The molecule has 4 heteroatoms. The Morgan fingerprint density at radius 2 is 1.95 bits per heavy atom. The SMILES string of the molecule is O=S(=O)(C1=CCC2CCN=CCC2=C1)c1ccccc1. The van der Waals surface area contributed by atoms with E-state index >= 15 is 0 Å². The summed E-state index contributed by atoms with van der Waals surface area (Å²) < 4.78 is 25.2. The lowest BCUT2D eigenvalue weighted by Gasteiger charge is -2.21. The van der Waals surface area contributed by atoms with E-state index in [1.54, 1.807) is 24.3 Å². The zero-order chi connectivity index (χ0) is 14.0. The lowest BCUT2D eigenvalue weighted by Crippen LogP contribution is -2.12. The minimum atomic E-state index is -3.38. The molecule has 0 spiro atoms. The number of hydrogen-bond donors (Lipinski definition) is 0. The highest BCUT2D eigenvalue weighted by Gasteiger charge is 2.25. The quantitative estimate of drug-likeness (QED) is 0.839. The molecule has 0 saturated carbocycles. The van der Waals surface area contributed by atoms with E-state index < -0.39 is 9.84 Å². The highest BCUT2D eigenvalue weighted by Crippen LogP contribution is 2.33. The van der Waals surface area contributed by atoms with Crippen molar-refractivity contribution in [3.8, 4) is 0 Å². The molecule has 0 aromatic heterocycles. The molecule has 0 bridgehead atoms. The minimum Gasteiger partial charge on any atom is -0.297 e. The first-order valence-electron chi connectivity index (χ1n) is 6.87. The van der Waals surface area contributed by atoms with Crippen LogP contribution in [0.25, 0.3) is 0 Å². The van der Waals surface area contributed by atoms with Gasteiger partial charge in [0.1, 0.15) is 0 Å². The number of nitrogens with zero attached hydrogens (tertiary/aromatic N) is 1. The fourth-order valence-electron chi connectivity index (χ4n) is 2.71. The van der Waals surface area contributed by atoms with Gasteiger partial charge in [0.25, 0.3) is 0 Å². The van der Waals surface area contributed by atoms with Crippen molar-refractivity contribution in [1.82, 2.24) is 0 Å². The molecule has 3 rings (SSSR count). The van der Waals surface area contributed by atoms with Crippen LogP contribution in [0, 0.1) is 5.92 Å². The number of benzene rings is 1. The number of fused-ring (bicyclic) bond motifs is 1. The Kier molecular flexibility index (Phi) is 3.57. The maximum absolute atomic E-state index is 12.6. The zero-order valence-corrected chi connectivity index (χ0v) is 12.0. The van der Waals surface area contributed by atoms with Crippen molar-refractivity contribution in [3.05, 3.63) is 53.0 Å². The molecule has 0 fully saturated rings. The van der Waals surface area contributed by atoms with Crippen molar-refractivity contribution >= 4 is 16.1 Å². The first-order chi connectivity index (χ1) is 9.68. The Hall–Kier alpha value is -1.68. The average Bonchev–Trinajstić information content (AvgIpc) is 2.72. The second-order valence-corrected chi connectivity index (χ2v) is 7.11. The summed E-state index contributed by atoms with van der Waals surface area (Å²) in [7, 11) is -3.38. The fourth-order valence-corrected chi connectivity index (χ4v) is 4.12. The van der Waals surface area contributed by atoms with Gasteiger partial charge in [0.2, 0.25) is 9.84 Å². The minimum absolute atomic E-state index is 0.365. The molecule has 1 aromatic carbocycles. The largest absolute Gasteiger partial charge is 0.297 e. The van der Waals surface area contributed by atoms with Gasteiger partial charge in [-0.3, -0.25) is 4.99 Å². The monoisotopic (exact) mass is 287 g/mol. The van der Waals surface area contributed by atoms with Crippen LogP contribution >= 0.6 is 0 Å². The van der Waals surface area contributed by atoms with Gasteiger partial charge in [0, 0.05) is 19.2 Å². The molecular weight excluding hydrogens is 270 g/mol. The molecule has 3 nitrogen and oxygen atoms in total. The third-order valence-electron chi connectivity index (χ3n) is 3.88. The van der Waals surface area contributed by atoms with Gasteiger partial charge in [-0.15, -0.1) is 0 Å². The van der Waals surface area contributed by atoms with Crippen molar-refractivity contribution in [3.63, 3.8) is 0 Å². The summed E-state index contributed by atoms with van der Waals surface area (Å²) in [6.45, 7) is 0.844. The third kappa shape index (κ3) is 2.48. The van der Waals surface area contributed by atoms with Crippen LogP contribution < -0.4 is 0 Å². The first-order valence-corrected chi connectivity index (χ1v) is 8.35. The molecule has 104 valence electrons. The molecule has 0 saturated heterocycles. The van der Waals surface area contributed by atoms with Gasteiger partial charge in [-0.05, 0) is 37.0 Å². The molecule has 0 N–H and O–H groups in total. The second-order valence-electron chi connectivity index (χ2n) is 5.16. The van der Waals surface area contributed by atoms with Crippen molar-refractivity contribution < 1.29 is 8.42 Å². The summed E-state index contributed by atoms with van der Waals surface area (Å²) in [4.78, 5) is 5.10. The maximum atomic E-state index is 12.6. The van der Waals surface area contributed by atoms with Crippen molar-refractivity contribution in [2.75, 3.05) is 6.54 Å². The van der Waals surface area contributed by atoms with E-state index in [0.29, 0.717) is 15.7 Å². The Balaban J connectivity index is 1.96. The molecule has 1 unspecified atom stereocenters. The van der Waals surface area contributed by atoms with Crippen molar-refractivity contribution in [1.29, 1.82) is 0 Å². The van der Waals surface area contributed by atoms with E-state index in [0.717, 1.165) is 25.8 Å². The van der Waals surface area contributed by atoms with Gasteiger partial charge in [0.05, 0.1) is 9.80 Å². The third-order valence-corrected chi connectivity index (χ3v) is 5.68. The Morgan fingerprint density at radius 3 is 2.75 bits per heavy atom. The first kappa shape index (κ1) is 13.3. The molecule has 1 aliphatic heterocycles. The normalized spacial score (nSPS) is 22.5. The summed E-state index contributed by atoms with van der Waals surface area (Å²) in [5.74, 6) is 0.451. The second kappa shape index (κ2) is 5.37. The van der Waals surface area contributed by atoms with Crippen LogP contribution in [0.15, 0.2) is 62.9 Å². The summed E-state index contributed by atoms with van der Waals surface area (Å²) in [5.41, 5.74) is 1.20. The maximum Gasteiger partial charge on any atom is 0.206 e. The van der Waals surface area contributed by atoms with Crippen LogP contribution in [0.5, 0.6) is 0 Å². The predicted octanol–water partition coefficient (Wildman–Crippen LogP) is 3.16. The molecule has 2 aliphatic rings. The zero-order valence-electron chi connectivity index (χ0n) is 11.2. The van der Waals surface area contributed by atoms with Gasteiger partial charge < -0.3 is 0 Å². The molecule has 0 amide bonds.